The van der Waals surface area contributed by atoms with Crippen molar-refractivity contribution in [3.05, 3.63) is 64.7 Å². The number of hydrogen-bond acceptors (Lipinski definition) is 3. The summed E-state index contributed by atoms with van der Waals surface area (Å²) in [5.41, 5.74) is 0.708. The van der Waals surface area contributed by atoms with Gasteiger partial charge in [-0.2, -0.15) is 0 Å². The first kappa shape index (κ1) is 19.6. The van der Waals surface area contributed by atoms with Gasteiger partial charge in [-0.1, -0.05) is 18.2 Å². The van der Waals surface area contributed by atoms with Gasteiger partial charge in [0.25, 0.3) is 0 Å². The molecule has 2 aromatic carbocycles. The smallest absolute Gasteiger partial charge is 0.406 e. The Bertz CT molecular complexity index is 786. The lowest BCUT2D eigenvalue weighted by Gasteiger charge is -2.36. The van der Waals surface area contributed by atoms with Crippen LogP contribution in [0.4, 0.5) is 22.0 Å². The fraction of sp³-hybridized carbons (Fsp3) is 0.368. The number of alkyl halides is 3. The van der Waals surface area contributed by atoms with Gasteiger partial charge < -0.3 is 10.1 Å². The zero-order valence-corrected chi connectivity index (χ0v) is 14.6. The molecule has 0 aliphatic carbocycles. The van der Waals surface area contributed by atoms with Gasteiger partial charge in [0.05, 0.1) is 6.04 Å². The topological polar surface area (TPSA) is 24.5 Å². The number of benzene rings is 2. The van der Waals surface area contributed by atoms with Gasteiger partial charge in [0, 0.05) is 31.7 Å². The molecule has 0 radical (unpaired) electrons. The minimum Gasteiger partial charge on any atom is -0.406 e. The van der Waals surface area contributed by atoms with E-state index in [2.05, 4.69) is 10.1 Å². The van der Waals surface area contributed by atoms with Crippen LogP contribution in [-0.4, -0.2) is 37.4 Å². The van der Waals surface area contributed by atoms with Crippen molar-refractivity contribution < 1.29 is 26.7 Å². The molecular formula is C19H19F5N2O. The maximum Gasteiger partial charge on any atom is 0.573 e. The maximum absolute atomic E-state index is 14.8. The molecule has 0 bridgehead atoms. The van der Waals surface area contributed by atoms with Gasteiger partial charge in [-0.15, -0.1) is 13.2 Å². The number of ether oxygens (including phenoxy) is 1. The molecule has 3 nitrogen and oxygen atoms in total. The Hall–Kier alpha value is -2.19. The second-order valence-electron chi connectivity index (χ2n) is 6.40. The summed E-state index contributed by atoms with van der Waals surface area (Å²) in [6.45, 7) is 3.96. The van der Waals surface area contributed by atoms with Crippen LogP contribution in [0.5, 0.6) is 5.75 Å². The quantitative estimate of drug-likeness (QED) is 0.799. The molecule has 1 heterocycles. The molecule has 1 aliphatic rings. The predicted molar refractivity (Wildman–Crippen MR) is 90.5 cm³/mol. The number of aryl methyl sites for hydroxylation is 1. The van der Waals surface area contributed by atoms with E-state index in [1.165, 1.54) is 24.3 Å². The standard InChI is InChI=1S/C19H19F5N2O/c1-12-2-7-15(20)16(17(12)21)18(26-10-8-25-9-11-26)13-3-5-14(6-4-13)27-19(22,23)24/h2-7,18,25H,8-11H2,1H3/t18-/m1/s1. The Morgan fingerprint density at radius 2 is 1.63 bits per heavy atom. The highest BCUT2D eigenvalue weighted by molar-refractivity contribution is 5.39. The van der Waals surface area contributed by atoms with Crippen molar-refractivity contribution in [3.63, 3.8) is 0 Å². The molecule has 8 heteroatoms. The first-order valence-corrected chi connectivity index (χ1v) is 8.51. The molecule has 0 unspecified atom stereocenters. The van der Waals surface area contributed by atoms with Gasteiger partial charge in [0.15, 0.2) is 0 Å². The average Bonchev–Trinajstić information content (AvgIpc) is 2.62. The summed E-state index contributed by atoms with van der Waals surface area (Å²) in [7, 11) is 0. The fourth-order valence-corrected chi connectivity index (χ4v) is 3.28. The van der Waals surface area contributed by atoms with E-state index in [-0.39, 0.29) is 11.3 Å². The number of piperazine rings is 1. The summed E-state index contributed by atoms with van der Waals surface area (Å²) in [5, 5.41) is 3.17. The van der Waals surface area contributed by atoms with E-state index in [1.807, 2.05) is 4.90 Å². The Balaban J connectivity index is 2.02. The Labute approximate surface area is 153 Å². The molecule has 0 saturated carbocycles. The van der Waals surface area contributed by atoms with Crippen LogP contribution in [0.1, 0.15) is 22.7 Å². The van der Waals surface area contributed by atoms with Crippen LogP contribution < -0.4 is 10.1 Å². The molecule has 0 amide bonds. The highest BCUT2D eigenvalue weighted by atomic mass is 19.4. The van der Waals surface area contributed by atoms with Crippen LogP contribution in [0.3, 0.4) is 0 Å². The third-order valence-electron chi connectivity index (χ3n) is 4.54. The zero-order valence-electron chi connectivity index (χ0n) is 14.6. The molecule has 146 valence electrons. The van der Waals surface area contributed by atoms with Gasteiger partial charge in [-0.3, -0.25) is 4.90 Å². The summed E-state index contributed by atoms with van der Waals surface area (Å²) in [6.07, 6.45) is -4.80. The van der Waals surface area contributed by atoms with Crippen LogP contribution in [0.25, 0.3) is 0 Å². The first-order valence-electron chi connectivity index (χ1n) is 8.51. The summed E-state index contributed by atoms with van der Waals surface area (Å²) in [4.78, 5) is 1.91. The first-order chi connectivity index (χ1) is 12.8. The number of rotatable bonds is 4. The van der Waals surface area contributed by atoms with Gasteiger partial charge in [0.2, 0.25) is 0 Å². The van der Waals surface area contributed by atoms with Gasteiger partial charge in [0.1, 0.15) is 17.4 Å². The lowest BCUT2D eigenvalue weighted by Crippen LogP contribution is -2.45. The van der Waals surface area contributed by atoms with Crippen LogP contribution in [0, 0.1) is 18.6 Å². The highest BCUT2D eigenvalue weighted by Gasteiger charge is 2.32. The molecule has 0 spiro atoms. The third-order valence-corrected chi connectivity index (χ3v) is 4.54. The van der Waals surface area contributed by atoms with Gasteiger partial charge >= 0.3 is 6.36 Å². The Morgan fingerprint density at radius 3 is 2.22 bits per heavy atom. The molecular weight excluding hydrogens is 367 g/mol. The van der Waals surface area contributed by atoms with E-state index < -0.39 is 24.0 Å². The predicted octanol–water partition coefficient (Wildman–Crippen LogP) is 4.17. The van der Waals surface area contributed by atoms with Gasteiger partial charge in [-0.25, -0.2) is 8.78 Å². The van der Waals surface area contributed by atoms with Crippen molar-refractivity contribution in [1.82, 2.24) is 10.2 Å². The molecule has 3 rings (SSSR count). The van der Waals surface area contributed by atoms with Crippen molar-refractivity contribution in [3.8, 4) is 5.75 Å². The second kappa shape index (κ2) is 7.82. The van der Waals surface area contributed by atoms with Crippen molar-refractivity contribution in [2.45, 2.75) is 19.3 Å². The lowest BCUT2D eigenvalue weighted by atomic mass is 9.94. The fourth-order valence-electron chi connectivity index (χ4n) is 3.28. The summed E-state index contributed by atoms with van der Waals surface area (Å²) >= 11 is 0. The number of nitrogens with zero attached hydrogens (tertiary/aromatic N) is 1. The maximum atomic E-state index is 14.8. The van der Waals surface area contributed by atoms with Gasteiger partial charge in [-0.05, 0) is 36.2 Å². The largest absolute Gasteiger partial charge is 0.573 e. The second-order valence-corrected chi connectivity index (χ2v) is 6.40. The Morgan fingerprint density at radius 1 is 1.00 bits per heavy atom. The molecule has 1 fully saturated rings. The summed E-state index contributed by atoms with van der Waals surface area (Å²) in [5.74, 6) is -1.71. The van der Waals surface area contributed by atoms with Crippen LogP contribution >= 0.6 is 0 Å². The Kier molecular flexibility index (Phi) is 5.67. The van der Waals surface area contributed by atoms with E-state index in [1.54, 1.807) is 6.92 Å². The summed E-state index contributed by atoms with van der Waals surface area (Å²) in [6, 6.07) is 6.97. The molecule has 27 heavy (non-hydrogen) atoms. The van der Waals surface area contributed by atoms with E-state index in [0.29, 0.717) is 37.3 Å². The van der Waals surface area contributed by atoms with Crippen molar-refractivity contribution in [1.29, 1.82) is 0 Å². The van der Waals surface area contributed by atoms with Crippen molar-refractivity contribution in [2.75, 3.05) is 26.2 Å². The van der Waals surface area contributed by atoms with E-state index in [9.17, 15) is 22.0 Å². The zero-order chi connectivity index (χ0) is 19.6. The molecule has 1 aliphatic heterocycles. The van der Waals surface area contributed by atoms with Crippen LogP contribution in [0.2, 0.25) is 0 Å². The van der Waals surface area contributed by atoms with E-state index in [4.69, 9.17) is 0 Å². The van der Waals surface area contributed by atoms with Crippen molar-refractivity contribution in [2.24, 2.45) is 0 Å². The number of nitrogens with one attached hydrogen (secondary N) is 1. The SMILES string of the molecule is Cc1ccc(F)c([C@@H](c2ccc(OC(F)(F)F)cc2)N2CCNCC2)c1F. The molecule has 1 atom stereocenters. The molecule has 1 saturated heterocycles. The third kappa shape index (κ3) is 4.56. The number of halogens is 5. The summed E-state index contributed by atoms with van der Waals surface area (Å²) < 4.78 is 70.4. The normalized spacial score (nSPS) is 17.0. The highest BCUT2D eigenvalue weighted by Crippen LogP contribution is 2.35. The molecule has 1 N–H and O–H groups in total. The lowest BCUT2D eigenvalue weighted by molar-refractivity contribution is -0.274. The van der Waals surface area contributed by atoms with E-state index in [0.717, 1.165) is 12.1 Å². The number of hydrogen-bond donors (Lipinski definition) is 1. The molecule has 0 aromatic heterocycles. The monoisotopic (exact) mass is 386 g/mol. The average molecular weight is 386 g/mol. The van der Waals surface area contributed by atoms with Crippen molar-refractivity contribution >= 4 is 0 Å². The minimum atomic E-state index is -4.80. The molecule has 2 aromatic rings. The van der Waals surface area contributed by atoms with Crippen LogP contribution in [0.15, 0.2) is 36.4 Å². The minimum absolute atomic E-state index is 0.0959. The van der Waals surface area contributed by atoms with Crippen LogP contribution in [-0.2, 0) is 0 Å². The van der Waals surface area contributed by atoms with E-state index >= 15 is 0 Å².